The summed E-state index contributed by atoms with van der Waals surface area (Å²) in [6, 6.07) is 0. The summed E-state index contributed by atoms with van der Waals surface area (Å²) >= 11 is 0. The molecule has 0 radical (unpaired) electrons. The third kappa shape index (κ3) is 6.00. The van der Waals surface area contributed by atoms with Crippen molar-refractivity contribution in [3.63, 3.8) is 0 Å². The van der Waals surface area contributed by atoms with Crippen LogP contribution in [0.15, 0.2) is 0 Å². The number of hydrogen-bond donors (Lipinski definition) is 6. The second-order valence-corrected chi connectivity index (χ2v) is 3.25. The van der Waals surface area contributed by atoms with E-state index in [1.807, 2.05) is 0 Å². The molecule has 0 bridgehead atoms. The predicted octanol–water partition coefficient (Wildman–Crippen LogP) is -3.16. The van der Waals surface area contributed by atoms with Crippen LogP contribution in [0.1, 0.15) is 0 Å². The number of rotatable bonds is 8. The molecule has 0 aliphatic rings. The first-order valence-corrected chi connectivity index (χ1v) is 4.54. The highest BCUT2D eigenvalue weighted by Gasteiger charge is 2.19. The summed E-state index contributed by atoms with van der Waals surface area (Å²) < 4.78 is 4.90. The Labute approximate surface area is 87.2 Å². The second-order valence-electron chi connectivity index (χ2n) is 3.25. The van der Waals surface area contributed by atoms with Gasteiger partial charge in [-0.3, -0.25) is 0 Å². The summed E-state index contributed by atoms with van der Waals surface area (Å²) in [6.45, 7) is -1.19. The highest BCUT2D eigenvalue weighted by Crippen LogP contribution is 2.05. The fraction of sp³-hybridized carbons (Fsp3) is 1.00. The molecule has 7 heteroatoms. The average molecular weight is 226 g/mol. The first-order chi connectivity index (χ1) is 7.02. The van der Waals surface area contributed by atoms with Crippen LogP contribution in [0.3, 0.4) is 0 Å². The summed E-state index contributed by atoms with van der Waals surface area (Å²) in [5.41, 5.74) is 0. The van der Waals surface area contributed by atoms with Crippen LogP contribution in [-0.4, -0.2) is 69.6 Å². The molecule has 0 saturated heterocycles. The average Bonchev–Trinajstić information content (AvgIpc) is 2.17. The van der Waals surface area contributed by atoms with Crippen molar-refractivity contribution in [2.24, 2.45) is 11.8 Å². The quantitative estimate of drug-likeness (QED) is 0.241. The van der Waals surface area contributed by atoms with E-state index in [2.05, 4.69) is 0 Å². The first kappa shape index (κ1) is 14.7. The number of aliphatic hydroxyl groups excluding tert-OH is 4. The lowest BCUT2D eigenvalue weighted by molar-refractivity contribution is -0.140. The van der Waals surface area contributed by atoms with E-state index in [4.69, 9.17) is 35.4 Å². The van der Waals surface area contributed by atoms with E-state index in [0.717, 1.165) is 0 Å². The van der Waals surface area contributed by atoms with Crippen LogP contribution < -0.4 is 0 Å². The van der Waals surface area contributed by atoms with Crippen LogP contribution in [-0.2, 0) is 4.74 Å². The Morgan fingerprint density at radius 2 is 1.07 bits per heavy atom. The van der Waals surface area contributed by atoms with Gasteiger partial charge in [-0.1, -0.05) is 0 Å². The van der Waals surface area contributed by atoms with Crippen molar-refractivity contribution in [1.29, 1.82) is 0 Å². The van der Waals surface area contributed by atoms with Gasteiger partial charge in [0.25, 0.3) is 0 Å². The van der Waals surface area contributed by atoms with Gasteiger partial charge in [0, 0.05) is 0 Å². The highest BCUT2D eigenvalue weighted by molar-refractivity contribution is 4.61. The molecule has 2 atom stereocenters. The molecule has 7 nitrogen and oxygen atoms in total. The van der Waals surface area contributed by atoms with Gasteiger partial charge in [-0.15, -0.1) is 0 Å². The van der Waals surface area contributed by atoms with Crippen molar-refractivity contribution in [2.75, 3.05) is 26.4 Å². The largest absolute Gasteiger partial charge is 0.396 e. The summed E-state index contributed by atoms with van der Waals surface area (Å²) in [6.07, 6.45) is -3.39. The van der Waals surface area contributed by atoms with Crippen molar-refractivity contribution in [3.8, 4) is 0 Å². The molecule has 0 rings (SSSR count). The molecule has 92 valence electrons. The normalized spacial score (nSPS) is 16.0. The van der Waals surface area contributed by atoms with E-state index in [-0.39, 0.29) is 13.2 Å². The Balaban J connectivity index is 3.75. The number of aliphatic hydroxyl groups is 6. The van der Waals surface area contributed by atoms with Gasteiger partial charge in [0.05, 0.1) is 38.3 Å². The highest BCUT2D eigenvalue weighted by atomic mass is 16.5. The van der Waals surface area contributed by atoms with Crippen LogP contribution in [0, 0.1) is 11.8 Å². The third-order valence-electron chi connectivity index (χ3n) is 1.98. The zero-order valence-corrected chi connectivity index (χ0v) is 8.23. The van der Waals surface area contributed by atoms with Gasteiger partial charge in [-0.05, 0) is 0 Å². The van der Waals surface area contributed by atoms with Crippen molar-refractivity contribution in [1.82, 2.24) is 0 Å². The maximum absolute atomic E-state index is 8.71. The molecule has 2 unspecified atom stereocenters. The predicted molar refractivity (Wildman–Crippen MR) is 48.4 cm³/mol. The molecular formula is C8H18O7. The molecule has 6 N–H and O–H groups in total. The zero-order chi connectivity index (χ0) is 11.8. The fourth-order valence-corrected chi connectivity index (χ4v) is 0.837. The lowest BCUT2D eigenvalue weighted by Gasteiger charge is -2.19. The Bertz CT molecular complexity index is 134. The smallest absolute Gasteiger partial charge is 0.158 e. The molecule has 0 aliphatic carbocycles. The van der Waals surface area contributed by atoms with Gasteiger partial charge >= 0.3 is 0 Å². The van der Waals surface area contributed by atoms with E-state index in [0.29, 0.717) is 0 Å². The minimum atomic E-state index is -1.69. The molecule has 0 heterocycles. The fourth-order valence-electron chi connectivity index (χ4n) is 0.837. The van der Waals surface area contributed by atoms with E-state index in [1.165, 1.54) is 0 Å². The molecular weight excluding hydrogens is 208 g/mol. The summed E-state index contributed by atoms with van der Waals surface area (Å²) in [5, 5.41) is 52.2. The Morgan fingerprint density at radius 3 is 1.27 bits per heavy atom. The van der Waals surface area contributed by atoms with Crippen molar-refractivity contribution < 1.29 is 35.4 Å². The van der Waals surface area contributed by atoms with Gasteiger partial charge in [-0.2, -0.15) is 0 Å². The monoisotopic (exact) mass is 226 g/mol. The van der Waals surface area contributed by atoms with Crippen LogP contribution in [0.5, 0.6) is 0 Å². The lowest BCUT2D eigenvalue weighted by Crippen LogP contribution is -2.32. The number of ether oxygens (including phenoxy) is 1. The molecule has 0 aromatic heterocycles. The zero-order valence-electron chi connectivity index (χ0n) is 8.23. The molecule has 0 aromatic carbocycles. The van der Waals surface area contributed by atoms with Gasteiger partial charge in [0.1, 0.15) is 0 Å². The van der Waals surface area contributed by atoms with Crippen LogP contribution in [0.25, 0.3) is 0 Å². The SMILES string of the molecule is OCC(COCC(CO)C(O)O)C(O)O. The minimum Gasteiger partial charge on any atom is -0.396 e. The summed E-state index contributed by atoms with van der Waals surface area (Å²) in [5.74, 6) is -1.69. The van der Waals surface area contributed by atoms with Crippen LogP contribution in [0.4, 0.5) is 0 Å². The Kier molecular flexibility index (Phi) is 7.79. The van der Waals surface area contributed by atoms with Gasteiger partial charge in [0.15, 0.2) is 12.6 Å². The van der Waals surface area contributed by atoms with Crippen molar-refractivity contribution in [2.45, 2.75) is 12.6 Å². The van der Waals surface area contributed by atoms with E-state index in [9.17, 15) is 0 Å². The molecule has 15 heavy (non-hydrogen) atoms. The second kappa shape index (κ2) is 7.94. The maximum atomic E-state index is 8.71. The van der Waals surface area contributed by atoms with Gasteiger partial charge < -0.3 is 35.4 Å². The molecule has 0 aliphatic heterocycles. The van der Waals surface area contributed by atoms with E-state index < -0.39 is 37.6 Å². The van der Waals surface area contributed by atoms with Gasteiger partial charge in [0.2, 0.25) is 0 Å². The summed E-state index contributed by atoms with van der Waals surface area (Å²) in [4.78, 5) is 0. The molecule has 0 aromatic rings. The van der Waals surface area contributed by atoms with E-state index >= 15 is 0 Å². The lowest BCUT2D eigenvalue weighted by atomic mass is 10.1. The topological polar surface area (TPSA) is 131 Å². The number of hydrogen-bond acceptors (Lipinski definition) is 7. The molecule has 0 saturated carbocycles. The standard InChI is InChI=1S/C8H18O7/c9-1-5(7(11)12)3-15-4-6(2-10)8(13)14/h5-14H,1-4H2. The molecule has 0 fully saturated rings. The maximum Gasteiger partial charge on any atom is 0.158 e. The Morgan fingerprint density at radius 1 is 0.733 bits per heavy atom. The third-order valence-corrected chi connectivity index (χ3v) is 1.98. The van der Waals surface area contributed by atoms with Crippen molar-refractivity contribution in [3.05, 3.63) is 0 Å². The molecule has 0 spiro atoms. The molecule has 0 amide bonds. The van der Waals surface area contributed by atoms with Crippen LogP contribution >= 0.6 is 0 Å². The van der Waals surface area contributed by atoms with Gasteiger partial charge in [-0.25, -0.2) is 0 Å². The van der Waals surface area contributed by atoms with Crippen LogP contribution in [0.2, 0.25) is 0 Å². The summed E-state index contributed by atoms with van der Waals surface area (Å²) in [7, 11) is 0. The Hall–Kier alpha value is -0.280. The van der Waals surface area contributed by atoms with Crippen molar-refractivity contribution >= 4 is 0 Å². The first-order valence-electron chi connectivity index (χ1n) is 4.54. The minimum absolute atomic E-state index is 0.141. The van der Waals surface area contributed by atoms with E-state index in [1.54, 1.807) is 0 Å².